The summed E-state index contributed by atoms with van der Waals surface area (Å²) in [5, 5.41) is 10.7. The number of anilines is 1. The van der Waals surface area contributed by atoms with Crippen LogP contribution in [0.25, 0.3) is 5.08 Å². The van der Waals surface area contributed by atoms with Crippen LogP contribution < -0.4 is 5.43 Å². The maximum atomic E-state index is 13.0. The molecule has 0 aliphatic heterocycles. The minimum Gasteiger partial charge on any atom is -0.204 e. The lowest BCUT2D eigenvalue weighted by molar-refractivity contribution is 0.622. The average Bonchev–Trinajstić information content (AvgIpc) is 1.99. The molecule has 3 nitrogen and oxygen atoms in total. The van der Waals surface area contributed by atoms with E-state index in [2.05, 4.69) is 10.5 Å². The van der Waals surface area contributed by atoms with Gasteiger partial charge in [0.1, 0.15) is 0 Å². The Hall–Kier alpha value is -1.63. The lowest BCUT2D eigenvalue weighted by Crippen LogP contribution is -1.90. The third-order valence-corrected chi connectivity index (χ3v) is 1.36. The van der Waals surface area contributed by atoms with E-state index < -0.39 is 5.82 Å². The van der Waals surface area contributed by atoms with Crippen molar-refractivity contribution < 1.29 is 4.39 Å². The van der Waals surface area contributed by atoms with Crippen LogP contribution in [0.5, 0.6) is 0 Å². The summed E-state index contributed by atoms with van der Waals surface area (Å²) < 4.78 is 13.0. The summed E-state index contributed by atoms with van der Waals surface area (Å²) in [5.74, 6) is -0.398. The highest BCUT2D eigenvalue weighted by molar-refractivity contribution is 5.47. The van der Waals surface area contributed by atoms with Crippen molar-refractivity contribution in [2.24, 2.45) is 0 Å². The first kappa shape index (κ1) is 7.48. The van der Waals surface area contributed by atoms with E-state index in [0.717, 1.165) is 0 Å². The molecule has 0 bridgehead atoms. The van der Waals surface area contributed by atoms with Crippen molar-refractivity contribution in [3.63, 3.8) is 0 Å². The van der Waals surface area contributed by atoms with Gasteiger partial charge in [0.15, 0.2) is 11.5 Å². The third-order valence-electron chi connectivity index (χ3n) is 1.36. The lowest BCUT2D eigenvalue weighted by Gasteiger charge is -1.95. The molecule has 0 amide bonds. The standard InChI is InChI=1S/C7H7FN3/c1-5-3-2-4-6(7(5)8)10-11-9/h2-4,10H,1H3/q+1. The van der Waals surface area contributed by atoms with E-state index in [1.54, 1.807) is 19.1 Å². The van der Waals surface area contributed by atoms with Crippen LogP contribution >= 0.6 is 0 Å². The highest BCUT2D eigenvalue weighted by Gasteiger charge is 2.06. The number of diazo groups is 1. The molecule has 1 N–H and O–H groups in total. The van der Waals surface area contributed by atoms with Crippen LogP contribution in [0.4, 0.5) is 10.1 Å². The Morgan fingerprint density at radius 2 is 2.27 bits per heavy atom. The topological polar surface area (TPSA) is 40.2 Å². The normalized spacial score (nSPS) is 8.82. The molecule has 56 valence electrons. The summed E-state index contributed by atoms with van der Waals surface area (Å²) in [6.45, 7) is 1.64. The van der Waals surface area contributed by atoms with Gasteiger partial charge in [-0.3, -0.25) is 0 Å². The van der Waals surface area contributed by atoms with E-state index in [9.17, 15) is 4.39 Å². The molecule has 0 fully saturated rings. The predicted molar refractivity (Wildman–Crippen MR) is 39.8 cm³/mol. The molecule has 0 spiro atoms. The van der Waals surface area contributed by atoms with E-state index in [-0.39, 0.29) is 5.69 Å². The average molecular weight is 152 g/mol. The molecule has 1 aromatic carbocycles. The Kier molecular flexibility index (Phi) is 2.02. The Morgan fingerprint density at radius 1 is 1.55 bits per heavy atom. The van der Waals surface area contributed by atoms with Crippen LogP contribution in [0, 0.1) is 18.1 Å². The van der Waals surface area contributed by atoms with Gasteiger partial charge in [0.2, 0.25) is 0 Å². The van der Waals surface area contributed by atoms with Crippen LogP contribution in [0.1, 0.15) is 5.56 Å². The SMILES string of the molecule is Cc1cccc(N[N+]#N)c1F. The highest BCUT2D eigenvalue weighted by Crippen LogP contribution is 2.16. The second-order valence-corrected chi connectivity index (χ2v) is 2.15. The Labute approximate surface area is 63.4 Å². The van der Waals surface area contributed by atoms with Crippen molar-refractivity contribution in [1.29, 1.82) is 5.39 Å². The fourth-order valence-corrected chi connectivity index (χ4v) is 0.788. The van der Waals surface area contributed by atoms with Gasteiger partial charge < -0.3 is 0 Å². The number of nitrogens with zero attached hydrogens (tertiary/aromatic N) is 2. The smallest absolute Gasteiger partial charge is 0.204 e. The largest absolute Gasteiger partial charge is 0.308 e. The van der Waals surface area contributed by atoms with Crippen LogP contribution in [-0.2, 0) is 0 Å². The van der Waals surface area contributed by atoms with Crippen molar-refractivity contribution in [3.05, 3.63) is 34.7 Å². The number of halogens is 1. The van der Waals surface area contributed by atoms with Crippen molar-refractivity contribution in [2.45, 2.75) is 6.92 Å². The zero-order chi connectivity index (χ0) is 8.27. The summed E-state index contributed by atoms with van der Waals surface area (Å²) in [5.41, 5.74) is 2.81. The van der Waals surface area contributed by atoms with E-state index in [4.69, 9.17) is 5.39 Å². The molecular weight excluding hydrogens is 145 g/mol. The molecule has 11 heavy (non-hydrogen) atoms. The van der Waals surface area contributed by atoms with Crippen molar-refractivity contribution >= 4 is 5.69 Å². The van der Waals surface area contributed by atoms with Gasteiger partial charge in [-0.25, -0.2) is 4.39 Å². The van der Waals surface area contributed by atoms with Gasteiger partial charge in [0.25, 0.3) is 5.39 Å². The number of rotatable bonds is 1. The van der Waals surface area contributed by atoms with Crippen LogP contribution in [-0.4, -0.2) is 0 Å². The third kappa shape index (κ3) is 1.44. The quantitative estimate of drug-likeness (QED) is 0.495. The molecule has 0 saturated carbocycles. The fourth-order valence-electron chi connectivity index (χ4n) is 0.788. The Morgan fingerprint density at radius 3 is 2.91 bits per heavy atom. The molecule has 0 atom stereocenters. The summed E-state index contributed by atoms with van der Waals surface area (Å²) in [6, 6.07) is 4.80. The number of nitrogens with one attached hydrogen (secondary N) is 1. The molecule has 0 heterocycles. The molecule has 4 heteroatoms. The van der Waals surface area contributed by atoms with Gasteiger partial charge in [0, 0.05) is 0 Å². The highest BCUT2D eigenvalue weighted by atomic mass is 19.1. The minimum atomic E-state index is -0.398. The predicted octanol–water partition coefficient (Wildman–Crippen LogP) is 2.31. The molecule has 1 aromatic rings. The van der Waals surface area contributed by atoms with Gasteiger partial charge in [-0.1, -0.05) is 12.1 Å². The number of aryl methyl sites for hydroxylation is 1. The zero-order valence-corrected chi connectivity index (χ0v) is 6.00. The van der Waals surface area contributed by atoms with E-state index in [0.29, 0.717) is 5.56 Å². The van der Waals surface area contributed by atoms with Crippen LogP contribution in [0.3, 0.4) is 0 Å². The van der Waals surface area contributed by atoms with E-state index in [1.165, 1.54) is 6.07 Å². The minimum absolute atomic E-state index is 0.174. The molecule has 0 unspecified atom stereocenters. The summed E-state index contributed by atoms with van der Waals surface area (Å²) in [4.78, 5) is 0. The van der Waals surface area contributed by atoms with Crippen LogP contribution in [0.15, 0.2) is 18.2 Å². The molecule has 1 rings (SSSR count). The summed E-state index contributed by atoms with van der Waals surface area (Å²) in [7, 11) is 0. The molecule has 0 saturated heterocycles. The number of hydrogen-bond donors (Lipinski definition) is 1. The second-order valence-electron chi connectivity index (χ2n) is 2.15. The monoisotopic (exact) mass is 152 g/mol. The van der Waals surface area contributed by atoms with Crippen molar-refractivity contribution in [3.8, 4) is 0 Å². The summed E-state index contributed by atoms with van der Waals surface area (Å²) >= 11 is 0. The maximum Gasteiger partial charge on any atom is 0.308 e. The first-order valence-corrected chi connectivity index (χ1v) is 3.11. The Balaban J connectivity index is 3.08. The molecule has 0 aliphatic rings. The maximum absolute atomic E-state index is 13.0. The molecule has 0 aromatic heterocycles. The molecular formula is C7H7FN3+. The second kappa shape index (κ2) is 2.97. The first-order valence-electron chi connectivity index (χ1n) is 3.11. The Bertz CT molecular complexity index is 303. The van der Waals surface area contributed by atoms with Crippen LogP contribution in [0.2, 0.25) is 0 Å². The van der Waals surface area contributed by atoms with Gasteiger partial charge in [-0.15, -0.1) is 0 Å². The molecule has 0 radical (unpaired) electrons. The summed E-state index contributed by atoms with van der Waals surface area (Å²) in [6.07, 6.45) is 0. The van der Waals surface area contributed by atoms with Gasteiger partial charge in [0.05, 0.1) is 0 Å². The number of benzene rings is 1. The van der Waals surface area contributed by atoms with Gasteiger partial charge >= 0.3 is 5.08 Å². The lowest BCUT2D eigenvalue weighted by atomic mass is 10.2. The van der Waals surface area contributed by atoms with Crippen molar-refractivity contribution in [2.75, 3.05) is 5.43 Å². The van der Waals surface area contributed by atoms with E-state index >= 15 is 0 Å². The first-order chi connectivity index (χ1) is 5.25. The fraction of sp³-hybridized carbons (Fsp3) is 0.143. The number of hydrogen-bond acceptors (Lipinski definition) is 2. The zero-order valence-electron chi connectivity index (χ0n) is 6.00. The van der Waals surface area contributed by atoms with Crippen molar-refractivity contribution in [1.82, 2.24) is 0 Å². The van der Waals surface area contributed by atoms with Gasteiger partial charge in [-0.2, -0.15) is 0 Å². The van der Waals surface area contributed by atoms with Gasteiger partial charge in [-0.05, 0) is 24.0 Å². The van der Waals surface area contributed by atoms with E-state index in [1.807, 2.05) is 0 Å². The molecule has 0 aliphatic carbocycles.